The van der Waals surface area contributed by atoms with Crippen LogP contribution in [0.1, 0.15) is 35.2 Å². The van der Waals surface area contributed by atoms with Crippen molar-refractivity contribution in [2.75, 3.05) is 25.6 Å². The number of nitrogens with zero attached hydrogens (tertiary/aromatic N) is 2. The number of nitrogens with one attached hydrogen (secondary N) is 2. The number of likely N-dealkylation sites (tertiary alicyclic amines) is 1. The predicted octanol–water partition coefficient (Wildman–Crippen LogP) is 2.32. The molecule has 2 N–H and O–H groups in total. The highest BCUT2D eigenvalue weighted by Crippen LogP contribution is 2.35. The molecule has 7 nitrogen and oxygen atoms in total. The fraction of sp³-hybridized carbons (Fsp3) is 0.474. The largest absolute Gasteiger partial charge is 0.482 e. The molecule has 26 heavy (non-hydrogen) atoms. The second kappa shape index (κ2) is 6.74. The number of carbonyl (C=O) groups excluding carboxylic acids is 1. The number of hydrogen-bond acceptors (Lipinski definition) is 5. The Morgan fingerprint density at radius 2 is 2.23 bits per heavy atom. The topological polar surface area (TPSA) is 79.5 Å². The fourth-order valence-corrected chi connectivity index (χ4v) is 3.69. The third-order valence-corrected chi connectivity index (χ3v) is 5.22. The number of anilines is 1. The first-order chi connectivity index (χ1) is 12.5. The van der Waals surface area contributed by atoms with Crippen LogP contribution in [0.4, 0.5) is 5.69 Å². The molecule has 1 aromatic heterocycles. The number of rotatable bonds is 4. The van der Waals surface area contributed by atoms with E-state index >= 15 is 0 Å². The second-order valence-electron chi connectivity index (χ2n) is 7.04. The number of hydrogen-bond donors (Lipinski definition) is 2. The Kier molecular flexibility index (Phi) is 4.42. The van der Waals surface area contributed by atoms with Crippen LogP contribution >= 0.6 is 0 Å². The highest BCUT2D eigenvalue weighted by molar-refractivity contribution is 5.95. The van der Waals surface area contributed by atoms with Crippen molar-refractivity contribution in [2.45, 2.75) is 39.0 Å². The highest BCUT2D eigenvalue weighted by atomic mass is 16.5. The lowest BCUT2D eigenvalue weighted by atomic mass is 10.1. The van der Waals surface area contributed by atoms with Crippen molar-refractivity contribution in [3.05, 3.63) is 41.0 Å². The van der Waals surface area contributed by atoms with E-state index in [2.05, 4.69) is 15.2 Å². The van der Waals surface area contributed by atoms with Gasteiger partial charge in [0.15, 0.2) is 6.61 Å². The van der Waals surface area contributed by atoms with Gasteiger partial charge in [-0.1, -0.05) is 6.07 Å². The van der Waals surface area contributed by atoms with Crippen molar-refractivity contribution in [3.63, 3.8) is 0 Å². The maximum Gasteiger partial charge on any atom is 0.262 e. The molecular formula is C19H24N4O3. The molecule has 2 aliphatic heterocycles. The molecule has 2 aliphatic rings. The SMILES string of the molecule is CO[C@@H]1C[C@@H](c2nc(C)c(C)[nH]2)N(Cc2ccc3c(c2)NC(=O)CO3)C1. The van der Waals surface area contributed by atoms with E-state index in [1.807, 2.05) is 32.0 Å². The Bertz CT molecular complexity index is 813. The van der Waals surface area contributed by atoms with E-state index in [4.69, 9.17) is 14.5 Å². The lowest BCUT2D eigenvalue weighted by Gasteiger charge is -2.24. The first kappa shape index (κ1) is 17.1. The van der Waals surface area contributed by atoms with Gasteiger partial charge in [0.05, 0.1) is 23.5 Å². The van der Waals surface area contributed by atoms with Crippen LogP contribution in [0, 0.1) is 13.8 Å². The van der Waals surface area contributed by atoms with Crippen LogP contribution in [0.5, 0.6) is 5.75 Å². The van der Waals surface area contributed by atoms with Gasteiger partial charge in [-0.3, -0.25) is 9.69 Å². The minimum atomic E-state index is -0.116. The molecular weight excluding hydrogens is 332 g/mol. The van der Waals surface area contributed by atoms with Crippen LogP contribution in [-0.2, 0) is 16.1 Å². The quantitative estimate of drug-likeness (QED) is 0.879. The summed E-state index contributed by atoms with van der Waals surface area (Å²) in [5, 5.41) is 2.87. The minimum Gasteiger partial charge on any atom is -0.482 e. The molecule has 0 radical (unpaired) electrons. The van der Waals surface area contributed by atoms with Gasteiger partial charge in [0.1, 0.15) is 11.6 Å². The monoisotopic (exact) mass is 356 g/mol. The van der Waals surface area contributed by atoms with E-state index in [1.165, 1.54) is 0 Å². The van der Waals surface area contributed by atoms with Crippen LogP contribution in [0.3, 0.4) is 0 Å². The number of carbonyl (C=O) groups is 1. The van der Waals surface area contributed by atoms with Crippen LogP contribution in [0.2, 0.25) is 0 Å². The molecule has 1 saturated heterocycles. The minimum absolute atomic E-state index is 0.0766. The first-order valence-corrected chi connectivity index (χ1v) is 8.89. The lowest BCUT2D eigenvalue weighted by Crippen LogP contribution is -2.27. The van der Waals surface area contributed by atoms with Crippen molar-refractivity contribution < 1.29 is 14.3 Å². The number of amides is 1. The molecule has 2 aromatic rings. The van der Waals surface area contributed by atoms with Gasteiger partial charge in [-0.05, 0) is 38.0 Å². The van der Waals surface area contributed by atoms with Crippen LogP contribution in [-0.4, -0.2) is 47.1 Å². The average molecular weight is 356 g/mol. The van der Waals surface area contributed by atoms with Gasteiger partial charge in [0.25, 0.3) is 5.91 Å². The number of aromatic amines is 1. The molecule has 0 bridgehead atoms. The van der Waals surface area contributed by atoms with Crippen molar-refractivity contribution in [1.82, 2.24) is 14.9 Å². The van der Waals surface area contributed by atoms with Crippen molar-refractivity contribution in [2.24, 2.45) is 0 Å². The fourth-order valence-electron chi connectivity index (χ4n) is 3.69. The van der Waals surface area contributed by atoms with E-state index in [-0.39, 0.29) is 24.7 Å². The summed E-state index contributed by atoms with van der Waals surface area (Å²) in [4.78, 5) is 22.1. The van der Waals surface area contributed by atoms with Gasteiger partial charge in [-0.15, -0.1) is 0 Å². The van der Waals surface area contributed by atoms with Gasteiger partial charge in [0, 0.05) is 25.9 Å². The number of fused-ring (bicyclic) bond motifs is 1. The molecule has 2 atom stereocenters. The van der Waals surface area contributed by atoms with Crippen molar-refractivity contribution in [1.29, 1.82) is 0 Å². The van der Waals surface area contributed by atoms with Gasteiger partial charge in [-0.2, -0.15) is 0 Å². The molecule has 4 rings (SSSR count). The van der Waals surface area contributed by atoms with Gasteiger partial charge >= 0.3 is 0 Å². The third-order valence-electron chi connectivity index (χ3n) is 5.22. The zero-order chi connectivity index (χ0) is 18.3. The summed E-state index contributed by atoms with van der Waals surface area (Å²) in [5.41, 5.74) is 4.00. The summed E-state index contributed by atoms with van der Waals surface area (Å²) < 4.78 is 11.1. The van der Waals surface area contributed by atoms with Crippen LogP contribution in [0.15, 0.2) is 18.2 Å². The highest BCUT2D eigenvalue weighted by Gasteiger charge is 2.35. The second-order valence-corrected chi connectivity index (χ2v) is 7.04. The van der Waals surface area contributed by atoms with Gasteiger partial charge in [-0.25, -0.2) is 4.98 Å². The molecule has 0 saturated carbocycles. The number of ether oxygens (including phenoxy) is 2. The van der Waals surface area contributed by atoms with Crippen molar-refractivity contribution >= 4 is 11.6 Å². The maximum atomic E-state index is 11.6. The number of methoxy groups -OCH3 is 1. The molecule has 1 aromatic carbocycles. The van der Waals surface area contributed by atoms with E-state index in [1.54, 1.807) is 7.11 Å². The standard InChI is InChI=1S/C19H24N4O3/c1-11-12(2)21-19(20-11)16-7-14(25-3)9-23(16)8-13-4-5-17-15(6-13)22-18(24)10-26-17/h4-6,14,16H,7-10H2,1-3H3,(H,20,21)(H,22,24)/t14-,16+/m1/s1. The summed E-state index contributed by atoms with van der Waals surface area (Å²) in [7, 11) is 1.76. The molecule has 1 fully saturated rings. The molecule has 3 heterocycles. The molecule has 0 unspecified atom stereocenters. The van der Waals surface area contributed by atoms with E-state index in [9.17, 15) is 4.79 Å². The summed E-state index contributed by atoms with van der Waals surface area (Å²) in [5.74, 6) is 1.60. The zero-order valence-electron chi connectivity index (χ0n) is 15.3. The van der Waals surface area contributed by atoms with E-state index in [0.717, 1.165) is 53.7 Å². The molecule has 7 heteroatoms. The number of aryl methyl sites for hydroxylation is 2. The smallest absolute Gasteiger partial charge is 0.262 e. The number of aromatic nitrogens is 2. The average Bonchev–Trinajstić information content (AvgIpc) is 3.17. The molecule has 0 aliphatic carbocycles. The Hall–Kier alpha value is -2.38. The first-order valence-electron chi connectivity index (χ1n) is 8.89. The Morgan fingerprint density at radius 1 is 1.38 bits per heavy atom. The summed E-state index contributed by atoms with van der Waals surface area (Å²) in [6.07, 6.45) is 1.10. The summed E-state index contributed by atoms with van der Waals surface area (Å²) in [6.45, 7) is 5.75. The Morgan fingerprint density at radius 3 is 2.96 bits per heavy atom. The van der Waals surface area contributed by atoms with Crippen molar-refractivity contribution in [3.8, 4) is 5.75 Å². The Labute approximate surface area is 152 Å². The Balaban J connectivity index is 1.57. The molecule has 138 valence electrons. The third kappa shape index (κ3) is 3.20. The zero-order valence-corrected chi connectivity index (χ0v) is 15.3. The predicted molar refractivity (Wildman–Crippen MR) is 97.2 cm³/mol. The van der Waals surface area contributed by atoms with Gasteiger partial charge < -0.3 is 19.8 Å². The number of benzene rings is 1. The van der Waals surface area contributed by atoms with E-state index < -0.39 is 0 Å². The summed E-state index contributed by atoms with van der Waals surface area (Å²) >= 11 is 0. The molecule has 0 spiro atoms. The maximum absolute atomic E-state index is 11.6. The lowest BCUT2D eigenvalue weighted by molar-refractivity contribution is -0.118. The number of imidazole rings is 1. The number of H-pyrrole nitrogens is 1. The molecule has 1 amide bonds. The van der Waals surface area contributed by atoms with Crippen LogP contribution < -0.4 is 10.1 Å². The summed E-state index contributed by atoms with van der Waals surface area (Å²) in [6, 6.07) is 6.15. The van der Waals surface area contributed by atoms with Gasteiger partial charge in [0.2, 0.25) is 0 Å². The van der Waals surface area contributed by atoms with Crippen LogP contribution in [0.25, 0.3) is 0 Å². The van der Waals surface area contributed by atoms with E-state index in [0.29, 0.717) is 0 Å². The normalized spacial score (nSPS) is 22.8.